The molecule has 4 N–H and O–H groups in total. The summed E-state index contributed by atoms with van der Waals surface area (Å²) in [5, 5.41) is 5.96. The maximum Gasteiger partial charge on any atom is 0.227 e. The first-order valence-corrected chi connectivity index (χ1v) is 6.26. The first-order valence-electron chi connectivity index (χ1n) is 6.26. The van der Waals surface area contributed by atoms with E-state index < -0.39 is 0 Å². The van der Waals surface area contributed by atoms with Crippen LogP contribution < -0.4 is 16.4 Å². The smallest absolute Gasteiger partial charge is 0.227 e. The summed E-state index contributed by atoms with van der Waals surface area (Å²) in [6.07, 6.45) is 3.55. The van der Waals surface area contributed by atoms with Crippen LogP contribution in [-0.4, -0.2) is 19.3 Å². The van der Waals surface area contributed by atoms with Crippen molar-refractivity contribution in [1.82, 2.24) is 5.32 Å². The number of benzene rings is 1. The maximum absolute atomic E-state index is 11.9. The normalized spacial score (nSPS) is 14.9. The minimum absolute atomic E-state index is 0.0751. The van der Waals surface area contributed by atoms with Crippen LogP contribution >= 0.6 is 0 Å². The second kappa shape index (κ2) is 6.15. The Morgan fingerprint density at radius 3 is 2.84 bits per heavy atom. The number of nitrogens with one attached hydrogen (secondary N) is 2. The molecule has 5 nitrogen and oxygen atoms in total. The van der Waals surface area contributed by atoms with Crippen molar-refractivity contribution >= 4 is 24.0 Å². The summed E-state index contributed by atoms with van der Waals surface area (Å²) in [6.45, 7) is 3.73. The molecule has 5 heteroatoms. The lowest BCUT2D eigenvalue weighted by atomic mass is 10.1. The largest absolute Gasteiger partial charge is 0.371 e. The predicted molar refractivity (Wildman–Crippen MR) is 77.5 cm³/mol. The van der Waals surface area contributed by atoms with Crippen LogP contribution in [0.15, 0.2) is 35.5 Å². The minimum atomic E-state index is 0.0751. The van der Waals surface area contributed by atoms with E-state index in [2.05, 4.69) is 22.3 Å². The van der Waals surface area contributed by atoms with Gasteiger partial charge < -0.3 is 16.4 Å². The van der Waals surface area contributed by atoms with Crippen molar-refractivity contribution in [2.45, 2.75) is 12.8 Å². The lowest BCUT2D eigenvalue weighted by Crippen LogP contribution is -2.22. The molecule has 1 aliphatic rings. The van der Waals surface area contributed by atoms with Crippen molar-refractivity contribution in [1.29, 1.82) is 0 Å². The number of anilines is 1. The number of aliphatic imine (C=N–C) groups is 1. The van der Waals surface area contributed by atoms with Gasteiger partial charge in [-0.2, -0.15) is 0 Å². The minimum Gasteiger partial charge on any atom is -0.371 e. The van der Waals surface area contributed by atoms with Crippen LogP contribution in [0.5, 0.6) is 0 Å². The van der Waals surface area contributed by atoms with E-state index in [1.807, 2.05) is 24.3 Å². The van der Waals surface area contributed by atoms with Crippen molar-refractivity contribution in [3.8, 4) is 0 Å². The van der Waals surface area contributed by atoms with Gasteiger partial charge >= 0.3 is 0 Å². The first-order chi connectivity index (χ1) is 9.26. The molecule has 1 aromatic carbocycles. The van der Waals surface area contributed by atoms with E-state index in [9.17, 15) is 4.79 Å². The van der Waals surface area contributed by atoms with Crippen molar-refractivity contribution in [3.63, 3.8) is 0 Å². The number of para-hydroxylation sites is 1. The molecule has 0 unspecified atom stereocenters. The third kappa shape index (κ3) is 3.42. The van der Waals surface area contributed by atoms with Crippen molar-refractivity contribution < 1.29 is 4.79 Å². The second-order valence-corrected chi connectivity index (χ2v) is 4.42. The van der Waals surface area contributed by atoms with Crippen LogP contribution in [0.3, 0.4) is 0 Å². The fourth-order valence-corrected chi connectivity index (χ4v) is 1.82. The Bertz CT molecular complexity index is 506. The van der Waals surface area contributed by atoms with E-state index in [0.717, 1.165) is 29.8 Å². The van der Waals surface area contributed by atoms with Gasteiger partial charge in [-0.15, -0.1) is 0 Å². The molecule has 1 fully saturated rings. The van der Waals surface area contributed by atoms with Crippen molar-refractivity contribution in [3.05, 3.63) is 36.0 Å². The molecule has 1 saturated carbocycles. The molecule has 0 aliphatic heterocycles. The molecule has 2 rings (SSSR count). The van der Waals surface area contributed by atoms with E-state index >= 15 is 0 Å². The van der Waals surface area contributed by atoms with E-state index in [-0.39, 0.29) is 18.5 Å². The third-order valence-corrected chi connectivity index (χ3v) is 2.94. The molecule has 1 aromatic rings. The Morgan fingerprint density at radius 1 is 1.47 bits per heavy atom. The molecule has 0 saturated heterocycles. The average molecular weight is 258 g/mol. The highest BCUT2D eigenvalue weighted by molar-refractivity contribution is 5.96. The van der Waals surface area contributed by atoms with E-state index in [1.165, 1.54) is 0 Å². The molecule has 0 radical (unpaired) electrons. The molecule has 19 heavy (non-hydrogen) atoms. The number of amides is 1. The standard InChI is InChI=1S/C14H18N4O/c1-16-8-13(17-9-15)11-4-2-3-5-12(11)18-14(19)10-6-7-10/h2-5,8,10,17H,1,6-7,9,15H2,(H,18,19)/b13-8-. The lowest BCUT2D eigenvalue weighted by Gasteiger charge is -2.14. The van der Waals surface area contributed by atoms with Crippen LogP contribution in [0.1, 0.15) is 18.4 Å². The van der Waals surface area contributed by atoms with Crippen LogP contribution in [0.4, 0.5) is 5.69 Å². The van der Waals surface area contributed by atoms with Crippen LogP contribution in [0.25, 0.3) is 5.70 Å². The molecular formula is C14H18N4O. The summed E-state index contributed by atoms with van der Waals surface area (Å²) in [6, 6.07) is 7.55. The van der Waals surface area contributed by atoms with Gasteiger partial charge in [-0.25, -0.2) is 0 Å². The second-order valence-electron chi connectivity index (χ2n) is 4.42. The summed E-state index contributed by atoms with van der Waals surface area (Å²) in [5.74, 6) is 0.242. The van der Waals surface area contributed by atoms with E-state index in [0.29, 0.717) is 0 Å². The molecular weight excluding hydrogens is 240 g/mol. The molecule has 1 amide bonds. The quantitative estimate of drug-likeness (QED) is 0.535. The van der Waals surface area contributed by atoms with Gasteiger partial charge in [-0.05, 0) is 25.6 Å². The summed E-state index contributed by atoms with van der Waals surface area (Å²) in [5.41, 5.74) is 7.86. The molecule has 0 spiro atoms. The fourth-order valence-electron chi connectivity index (χ4n) is 1.82. The van der Waals surface area contributed by atoms with Crippen LogP contribution in [0, 0.1) is 5.92 Å². The summed E-state index contributed by atoms with van der Waals surface area (Å²) in [7, 11) is 0. The Kier molecular flexibility index (Phi) is 4.30. The molecule has 0 bridgehead atoms. The van der Waals surface area contributed by atoms with Crippen LogP contribution in [-0.2, 0) is 4.79 Å². The van der Waals surface area contributed by atoms with Gasteiger partial charge in [0.1, 0.15) is 0 Å². The highest BCUT2D eigenvalue weighted by Gasteiger charge is 2.30. The Morgan fingerprint density at radius 2 is 2.21 bits per heavy atom. The van der Waals surface area contributed by atoms with Crippen molar-refractivity contribution in [2.24, 2.45) is 16.6 Å². The SMILES string of the molecule is C=N/C=C(\NCN)c1ccccc1NC(=O)C1CC1. The number of nitrogens with two attached hydrogens (primary N) is 1. The molecule has 0 heterocycles. The average Bonchev–Trinajstić information content (AvgIpc) is 3.23. The number of hydrogen-bond acceptors (Lipinski definition) is 4. The predicted octanol–water partition coefficient (Wildman–Crippen LogP) is 1.54. The van der Waals surface area contributed by atoms with Gasteiger partial charge in [-0.3, -0.25) is 9.79 Å². The molecule has 100 valence electrons. The summed E-state index contributed by atoms with van der Waals surface area (Å²) < 4.78 is 0. The Hall–Kier alpha value is -2.14. The number of nitrogens with zero attached hydrogens (tertiary/aromatic N) is 1. The van der Waals surface area contributed by atoms with Gasteiger partial charge in [0, 0.05) is 17.7 Å². The van der Waals surface area contributed by atoms with Gasteiger partial charge in [-0.1, -0.05) is 18.2 Å². The van der Waals surface area contributed by atoms with Gasteiger partial charge in [0.2, 0.25) is 5.91 Å². The highest BCUT2D eigenvalue weighted by atomic mass is 16.2. The molecule has 0 aromatic heterocycles. The maximum atomic E-state index is 11.9. The van der Waals surface area contributed by atoms with Gasteiger partial charge in [0.15, 0.2) is 0 Å². The zero-order chi connectivity index (χ0) is 13.7. The first kappa shape index (κ1) is 13.3. The topological polar surface area (TPSA) is 79.5 Å². The summed E-state index contributed by atoms with van der Waals surface area (Å²) in [4.78, 5) is 15.6. The Labute approximate surface area is 112 Å². The monoisotopic (exact) mass is 258 g/mol. The number of carbonyl (C=O) groups is 1. The number of carbonyl (C=O) groups excluding carboxylic acids is 1. The zero-order valence-electron chi connectivity index (χ0n) is 10.7. The van der Waals surface area contributed by atoms with E-state index in [4.69, 9.17) is 5.73 Å². The van der Waals surface area contributed by atoms with Crippen LogP contribution in [0.2, 0.25) is 0 Å². The zero-order valence-corrected chi connectivity index (χ0v) is 10.7. The van der Waals surface area contributed by atoms with Crippen molar-refractivity contribution in [2.75, 3.05) is 12.0 Å². The molecule has 0 atom stereocenters. The number of hydrogen-bond donors (Lipinski definition) is 3. The fraction of sp³-hybridized carbons (Fsp3) is 0.286. The molecule has 1 aliphatic carbocycles. The van der Waals surface area contributed by atoms with E-state index in [1.54, 1.807) is 6.20 Å². The summed E-state index contributed by atoms with van der Waals surface area (Å²) >= 11 is 0. The van der Waals surface area contributed by atoms with Gasteiger partial charge in [0.05, 0.1) is 18.1 Å². The number of rotatable bonds is 6. The lowest BCUT2D eigenvalue weighted by molar-refractivity contribution is -0.117. The third-order valence-electron chi connectivity index (χ3n) is 2.94. The highest BCUT2D eigenvalue weighted by Crippen LogP contribution is 2.31. The van der Waals surface area contributed by atoms with Gasteiger partial charge in [0.25, 0.3) is 0 Å². The Balaban J connectivity index is 2.25.